The van der Waals surface area contributed by atoms with E-state index >= 15 is 0 Å². The Kier molecular flexibility index (Phi) is 3.46. The van der Waals surface area contributed by atoms with E-state index in [0.29, 0.717) is 6.54 Å². The van der Waals surface area contributed by atoms with E-state index in [0.717, 1.165) is 41.5 Å². The molecule has 0 spiro atoms. The summed E-state index contributed by atoms with van der Waals surface area (Å²) in [4.78, 5) is 8.62. The fourth-order valence-corrected chi connectivity index (χ4v) is 3.46. The molecule has 3 aromatic rings. The second kappa shape index (κ2) is 5.63. The lowest BCUT2D eigenvalue weighted by atomic mass is 9.79. The number of hydrogen-bond acceptors (Lipinski definition) is 4. The first-order chi connectivity index (χ1) is 11.3. The molecule has 0 saturated heterocycles. The number of fused-ring (bicyclic) bond motifs is 2. The normalized spacial score (nSPS) is 20.2. The zero-order valence-electron chi connectivity index (χ0n) is 12.9. The number of anilines is 1. The molecule has 0 radical (unpaired) electrons. The summed E-state index contributed by atoms with van der Waals surface area (Å²) >= 11 is 0. The molecular formula is C19H19N3O. The highest BCUT2D eigenvalue weighted by Crippen LogP contribution is 2.35. The summed E-state index contributed by atoms with van der Waals surface area (Å²) in [5.74, 6) is 0.770. The highest BCUT2D eigenvalue weighted by Gasteiger charge is 2.34. The summed E-state index contributed by atoms with van der Waals surface area (Å²) in [6, 6.07) is 16.1. The van der Waals surface area contributed by atoms with Gasteiger partial charge in [0, 0.05) is 11.9 Å². The van der Waals surface area contributed by atoms with Gasteiger partial charge < -0.3 is 10.4 Å². The molecule has 2 N–H and O–H groups in total. The lowest BCUT2D eigenvalue weighted by Crippen LogP contribution is -2.37. The molecule has 4 heteroatoms. The molecule has 1 atom stereocenters. The standard InChI is InChI=1S/C19H19N3O/c23-19(11-5-7-14-6-1-3-9-16(14)19)12-20-18-15-8-2-4-10-17(15)21-13-22-18/h1-4,6,8-10,13,23H,5,7,11-12H2,(H,20,21,22). The van der Waals surface area contributed by atoms with Crippen molar-refractivity contribution in [2.75, 3.05) is 11.9 Å². The van der Waals surface area contributed by atoms with Gasteiger partial charge in [0.1, 0.15) is 17.7 Å². The van der Waals surface area contributed by atoms with Crippen LogP contribution < -0.4 is 5.32 Å². The Bertz CT molecular complexity index is 843. The van der Waals surface area contributed by atoms with Gasteiger partial charge in [0.05, 0.1) is 5.52 Å². The molecule has 4 nitrogen and oxygen atoms in total. The maximum Gasteiger partial charge on any atom is 0.137 e. The third-order valence-electron chi connectivity index (χ3n) is 4.65. The van der Waals surface area contributed by atoms with Crippen LogP contribution in [0.4, 0.5) is 5.82 Å². The third-order valence-corrected chi connectivity index (χ3v) is 4.65. The highest BCUT2D eigenvalue weighted by molar-refractivity contribution is 5.88. The molecule has 0 saturated carbocycles. The van der Waals surface area contributed by atoms with Gasteiger partial charge in [-0.2, -0.15) is 0 Å². The van der Waals surface area contributed by atoms with E-state index in [1.165, 1.54) is 5.56 Å². The first-order valence-corrected chi connectivity index (χ1v) is 8.01. The topological polar surface area (TPSA) is 58.0 Å². The van der Waals surface area contributed by atoms with Gasteiger partial charge in [0.25, 0.3) is 0 Å². The molecule has 0 fully saturated rings. The summed E-state index contributed by atoms with van der Waals surface area (Å²) in [7, 11) is 0. The number of para-hydroxylation sites is 1. The van der Waals surface area contributed by atoms with Crippen LogP contribution in [0.3, 0.4) is 0 Å². The van der Waals surface area contributed by atoms with Crippen LogP contribution in [0.15, 0.2) is 54.9 Å². The van der Waals surface area contributed by atoms with Crippen LogP contribution in [-0.2, 0) is 12.0 Å². The summed E-state index contributed by atoms with van der Waals surface area (Å²) in [5.41, 5.74) is 2.34. The van der Waals surface area contributed by atoms with Gasteiger partial charge in [-0.25, -0.2) is 9.97 Å². The Morgan fingerprint density at radius 2 is 1.87 bits per heavy atom. The molecule has 0 aliphatic heterocycles. The van der Waals surface area contributed by atoms with E-state index in [-0.39, 0.29) is 0 Å². The summed E-state index contributed by atoms with van der Waals surface area (Å²) in [5, 5.41) is 15.5. The Labute approximate surface area is 135 Å². The third kappa shape index (κ3) is 2.55. The van der Waals surface area contributed by atoms with E-state index in [9.17, 15) is 5.11 Å². The number of aryl methyl sites for hydroxylation is 1. The maximum absolute atomic E-state index is 11.2. The van der Waals surface area contributed by atoms with Gasteiger partial charge >= 0.3 is 0 Å². The predicted octanol–water partition coefficient (Wildman–Crippen LogP) is 3.27. The molecule has 0 bridgehead atoms. The van der Waals surface area contributed by atoms with E-state index in [1.54, 1.807) is 6.33 Å². The molecule has 23 heavy (non-hydrogen) atoms. The quantitative estimate of drug-likeness (QED) is 0.780. The fraction of sp³-hybridized carbons (Fsp3) is 0.263. The van der Waals surface area contributed by atoms with Crippen LogP contribution in [0, 0.1) is 0 Å². The van der Waals surface area contributed by atoms with Crippen LogP contribution in [-0.4, -0.2) is 21.6 Å². The molecule has 1 heterocycles. The minimum Gasteiger partial charge on any atom is -0.383 e. The number of aromatic nitrogens is 2. The molecular weight excluding hydrogens is 286 g/mol. The summed E-state index contributed by atoms with van der Waals surface area (Å²) in [6.07, 6.45) is 4.36. The van der Waals surface area contributed by atoms with Gasteiger partial charge in [-0.15, -0.1) is 0 Å². The molecule has 2 aromatic carbocycles. The number of aliphatic hydroxyl groups is 1. The van der Waals surface area contributed by atoms with Gasteiger partial charge in [-0.3, -0.25) is 0 Å². The fourth-order valence-electron chi connectivity index (χ4n) is 3.46. The monoisotopic (exact) mass is 305 g/mol. The Balaban J connectivity index is 1.64. The maximum atomic E-state index is 11.2. The zero-order chi connectivity index (χ0) is 15.7. The van der Waals surface area contributed by atoms with Gasteiger partial charge in [-0.1, -0.05) is 36.4 Å². The Morgan fingerprint density at radius 3 is 2.83 bits per heavy atom. The second-order valence-electron chi connectivity index (χ2n) is 6.14. The number of benzene rings is 2. The smallest absolute Gasteiger partial charge is 0.137 e. The predicted molar refractivity (Wildman–Crippen MR) is 91.3 cm³/mol. The Morgan fingerprint density at radius 1 is 1.04 bits per heavy atom. The van der Waals surface area contributed by atoms with Crippen LogP contribution in [0.2, 0.25) is 0 Å². The van der Waals surface area contributed by atoms with E-state index in [4.69, 9.17) is 0 Å². The van der Waals surface area contributed by atoms with Crippen molar-refractivity contribution in [1.82, 2.24) is 9.97 Å². The zero-order valence-corrected chi connectivity index (χ0v) is 12.9. The Hall–Kier alpha value is -2.46. The number of hydrogen-bond donors (Lipinski definition) is 2. The van der Waals surface area contributed by atoms with Crippen molar-refractivity contribution < 1.29 is 5.11 Å². The van der Waals surface area contributed by atoms with Crippen LogP contribution in [0.5, 0.6) is 0 Å². The lowest BCUT2D eigenvalue weighted by Gasteiger charge is -2.34. The SMILES string of the molecule is OC1(CNc2ncnc3ccccc23)CCCc2ccccc21. The molecule has 1 aromatic heterocycles. The van der Waals surface area contributed by atoms with E-state index in [1.807, 2.05) is 42.5 Å². The molecule has 1 unspecified atom stereocenters. The minimum atomic E-state index is -0.846. The summed E-state index contributed by atoms with van der Waals surface area (Å²) < 4.78 is 0. The van der Waals surface area contributed by atoms with Crippen molar-refractivity contribution in [2.24, 2.45) is 0 Å². The van der Waals surface area contributed by atoms with E-state index < -0.39 is 5.60 Å². The average Bonchev–Trinajstić information content (AvgIpc) is 2.60. The van der Waals surface area contributed by atoms with Crippen molar-refractivity contribution in [1.29, 1.82) is 0 Å². The molecule has 116 valence electrons. The first-order valence-electron chi connectivity index (χ1n) is 8.01. The van der Waals surface area contributed by atoms with Crippen molar-refractivity contribution in [3.8, 4) is 0 Å². The highest BCUT2D eigenvalue weighted by atomic mass is 16.3. The van der Waals surface area contributed by atoms with Crippen LogP contribution >= 0.6 is 0 Å². The van der Waals surface area contributed by atoms with Crippen LogP contribution in [0.25, 0.3) is 10.9 Å². The molecule has 4 rings (SSSR count). The molecule has 1 aliphatic carbocycles. The average molecular weight is 305 g/mol. The minimum absolute atomic E-state index is 0.449. The number of nitrogens with zero attached hydrogens (tertiary/aromatic N) is 2. The van der Waals surface area contributed by atoms with Gasteiger partial charge in [0.2, 0.25) is 0 Å². The van der Waals surface area contributed by atoms with Gasteiger partial charge in [0.15, 0.2) is 0 Å². The van der Waals surface area contributed by atoms with Crippen LogP contribution in [0.1, 0.15) is 24.0 Å². The van der Waals surface area contributed by atoms with Crippen molar-refractivity contribution >= 4 is 16.7 Å². The largest absolute Gasteiger partial charge is 0.383 e. The van der Waals surface area contributed by atoms with E-state index in [2.05, 4.69) is 21.4 Å². The second-order valence-corrected chi connectivity index (χ2v) is 6.14. The summed E-state index contributed by atoms with van der Waals surface area (Å²) in [6.45, 7) is 0.449. The number of nitrogens with one attached hydrogen (secondary N) is 1. The molecule has 0 amide bonds. The molecule has 1 aliphatic rings. The first kappa shape index (κ1) is 14.2. The van der Waals surface area contributed by atoms with Crippen molar-refractivity contribution in [3.05, 3.63) is 66.0 Å². The lowest BCUT2D eigenvalue weighted by molar-refractivity contribution is 0.0322. The van der Waals surface area contributed by atoms with Crippen molar-refractivity contribution in [3.63, 3.8) is 0 Å². The number of rotatable bonds is 3. The van der Waals surface area contributed by atoms with Crippen molar-refractivity contribution in [2.45, 2.75) is 24.9 Å². The van der Waals surface area contributed by atoms with Gasteiger partial charge in [-0.05, 0) is 42.5 Å².